The number of hydrogen-bond acceptors (Lipinski definition) is 4. The maximum atomic E-state index is 5.91. The molecule has 2 aromatic carbocycles. The van der Waals surface area contributed by atoms with Crippen LogP contribution in [0.15, 0.2) is 54.6 Å². The van der Waals surface area contributed by atoms with E-state index in [1.165, 1.54) is 11.1 Å². The van der Waals surface area contributed by atoms with Crippen molar-refractivity contribution < 1.29 is 0 Å². The van der Waals surface area contributed by atoms with E-state index in [9.17, 15) is 0 Å². The summed E-state index contributed by atoms with van der Waals surface area (Å²) < 4.78 is 0. The summed E-state index contributed by atoms with van der Waals surface area (Å²) in [5.74, 6) is 1.43. The average Bonchev–Trinajstić information content (AvgIpc) is 2.59. The van der Waals surface area contributed by atoms with Crippen LogP contribution in [-0.2, 0) is 13.1 Å². The van der Waals surface area contributed by atoms with Crippen molar-refractivity contribution in [3.63, 3.8) is 0 Å². The van der Waals surface area contributed by atoms with E-state index in [0.29, 0.717) is 12.5 Å². The van der Waals surface area contributed by atoms with Gasteiger partial charge in [0, 0.05) is 29.9 Å². The van der Waals surface area contributed by atoms with Crippen LogP contribution in [0.1, 0.15) is 22.4 Å². The summed E-state index contributed by atoms with van der Waals surface area (Å²) in [5.41, 5.74) is 4.53. The average molecular weight is 353 g/mol. The number of anilines is 2. The molecule has 0 radical (unpaired) electrons. The van der Waals surface area contributed by atoms with Crippen LogP contribution in [0.4, 0.5) is 11.8 Å². The second-order valence-electron chi connectivity index (χ2n) is 6.04. The van der Waals surface area contributed by atoms with Gasteiger partial charge in [-0.05, 0) is 37.1 Å². The fraction of sp³-hybridized carbons (Fsp3) is 0.200. The lowest BCUT2D eigenvalue weighted by Gasteiger charge is -2.10. The number of nitrogens with zero attached hydrogens (tertiary/aromatic N) is 2. The van der Waals surface area contributed by atoms with E-state index in [1.54, 1.807) is 0 Å². The lowest BCUT2D eigenvalue weighted by atomic mass is 10.1. The molecule has 2 N–H and O–H groups in total. The maximum absolute atomic E-state index is 5.91. The second-order valence-corrected chi connectivity index (χ2v) is 6.48. The molecule has 4 nitrogen and oxygen atoms in total. The molecule has 0 aliphatic heterocycles. The SMILES string of the molecule is Cc1cccc(CNc2cc(C)nc(NCc3ccc(Cl)cc3)n2)c1. The largest absolute Gasteiger partial charge is 0.366 e. The minimum atomic E-state index is 0.613. The second kappa shape index (κ2) is 7.99. The molecule has 3 rings (SSSR count). The van der Waals surface area contributed by atoms with Crippen molar-refractivity contribution in [2.75, 3.05) is 10.6 Å². The van der Waals surface area contributed by atoms with Gasteiger partial charge in [0.2, 0.25) is 5.95 Å². The molecule has 25 heavy (non-hydrogen) atoms. The number of halogens is 1. The van der Waals surface area contributed by atoms with Crippen molar-refractivity contribution in [2.24, 2.45) is 0 Å². The number of nitrogens with one attached hydrogen (secondary N) is 2. The third-order valence-electron chi connectivity index (χ3n) is 3.77. The molecule has 0 aliphatic rings. The van der Waals surface area contributed by atoms with E-state index in [0.717, 1.165) is 28.6 Å². The maximum Gasteiger partial charge on any atom is 0.225 e. The summed E-state index contributed by atoms with van der Waals surface area (Å²) in [6.45, 7) is 5.44. The lowest BCUT2D eigenvalue weighted by Crippen LogP contribution is -2.08. The normalized spacial score (nSPS) is 10.5. The lowest BCUT2D eigenvalue weighted by molar-refractivity contribution is 1.01. The van der Waals surface area contributed by atoms with Crippen molar-refractivity contribution in [2.45, 2.75) is 26.9 Å². The zero-order chi connectivity index (χ0) is 17.6. The van der Waals surface area contributed by atoms with Crippen LogP contribution in [0, 0.1) is 13.8 Å². The van der Waals surface area contributed by atoms with Crippen LogP contribution in [0.5, 0.6) is 0 Å². The molecule has 128 valence electrons. The zero-order valence-electron chi connectivity index (χ0n) is 14.4. The van der Waals surface area contributed by atoms with Gasteiger partial charge in [0.1, 0.15) is 5.82 Å². The number of hydrogen-bond donors (Lipinski definition) is 2. The van der Waals surface area contributed by atoms with Crippen molar-refractivity contribution in [3.05, 3.63) is 82.0 Å². The van der Waals surface area contributed by atoms with Crippen LogP contribution in [0.25, 0.3) is 0 Å². The van der Waals surface area contributed by atoms with Gasteiger partial charge in [0.05, 0.1) is 0 Å². The molecule has 0 bridgehead atoms. The number of aromatic nitrogens is 2. The minimum Gasteiger partial charge on any atom is -0.366 e. The number of benzene rings is 2. The molecule has 5 heteroatoms. The van der Waals surface area contributed by atoms with Crippen LogP contribution in [-0.4, -0.2) is 9.97 Å². The fourth-order valence-electron chi connectivity index (χ4n) is 2.54. The minimum absolute atomic E-state index is 0.613. The topological polar surface area (TPSA) is 49.8 Å². The van der Waals surface area contributed by atoms with E-state index in [4.69, 9.17) is 11.6 Å². The Bertz CT molecular complexity index is 847. The summed E-state index contributed by atoms with van der Waals surface area (Å²) in [6, 6.07) is 18.1. The van der Waals surface area contributed by atoms with Crippen LogP contribution in [0.3, 0.4) is 0 Å². The van der Waals surface area contributed by atoms with Gasteiger partial charge in [-0.2, -0.15) is 4.98 Å². The van der Waals surface area contributed by atoms with Gasteiger partial charge >= 0.3 is 0 Å². The Labute approximate surface area is 153 Å². The van der Waals surface area contributed by atoms with E-state index in [-0.39, 0.29) is 0 Å². The third-order valence-corrected chi connectivity index (χ3v) is 4.03. The third kappa shape index (κ3) is 5.19. The Balaban J connectivity index is 1.64. The summed E-state index contributed by atoms with van der Waals surface area (Å²) in [5, 5.41) is 7.36. The molecule has 1 heterocycles. The van der Waals surface area contributed by atoms with Crippen LogP contribution in [0.2, 0.25) is 5.02 Å². The molecule has 0 unspecified atom stereocenters. The van der Waals surface area contributed by atoms with E-state index < -0.39 is 0 Å². The Morgan fingerprint density at radius 2 is 1.60 bits per heavy atom. The first-order valence-corrected chi connectivity index (χ1v) is 8.60. The molecule has 0 atom stereocenters. The molecule has 0 saturated carbocycles. The summed E-state index contributed by atoms with van der Waals surface area (Å²) in [7, 11) is 0. The first-order valence-electron chi connectivity index (χ1n) is 8.22. The van der Waals surface area contributed by atoms with Gasteiger partial charge in [-0.1, -0.05) is 53.6 Å². The molecule has 1 aromatic heterocycles. The van der Waals surface area contributed by atoms with Crippen molar-refractivity contribution in [1.82, 2.24) is 9.97 Å². The molecule has 0 saturated heterocycles. The Kier molecular flexibility index (Phi) is 5.51. The molecule has 0 fully saturated rings. The van der Waals surface area contributed by atoms with Crippen molar-refractivity contribution >= 4 is 23.4 Å². The van der Waals surface area contributed by atoms with Crippen molar-refractivity contribution in [1.29, 1.82) is 0 Å². The van der Waals surface area contributed by atoms with Gasteiger partial charge in [-0.15, -0.1) is 0 Å². The standard InChI is InChI=1S/C20H21ClN4/c1-14-4-3-5-17(10-14)13-22-19-11-15(2)24-20(25-19)23-12-16-6-8-18(21)9-7-16/h3-11H,12-13H2,1-2H3,(H2,22,23,24,25). The highest BCUT2D eigenvalue weighted by molar-refractivity contribution is 6.30. The molecule has 0 amide bonds. The Morgan fingerprint density at radius 3 is 2.36 bits per heavy atom. The molecule has 3 aromatic rings. The molecule has 0 aliphatic carbocycles. The monoisotopic (exact) mass is 352 g/mol. The van der Waals surface area contributed by atoms with E-state index >= 15 is 0 Å². The summed E-state index contributed by atoms with van der Waals surface area (Å²) in [6.07, 6.45) is 0. The zero-order valence-corrected chi connectivity index (χ0v) is 15.1. The summed E-state index contributed by atoms with van der Waals surface area (Å²) in [4.78, 5) is 8.99. The quantitative estimate of drug-likeness (QED) is 0.657. The highest BCUT2D eigenvalue weighted by atomic mass is 35.5. The van der Waals surface area contributed by atoms with Crippen molar-refractivity contribution in [3.8, 4) is 0 Å². The Morgan fingerprint density at radius 1 is 0.840 bits per heavy atom. The summed E-state index contributed by atoms with van der Waals surface area (Å²) >= 11 is 5.91. The molecule has 0 spiro atoms. The fourth-order valence-corrected chi connectivity index (χ4v) is 2.66. The molecular weight excluding hydrogens is 332 g/mol. The van der Waals surface area contributed by atoms with Gasteiger partial charge in [-0.25, -0.2) is 4.98 Å². The first-order chi connectivity index (χ1) is 12.1. The van der Waals surface area contributed by atoms with Gasteiger partial charge in [-0.3, -0.25) is 0 Å². The van der Waals surface area contributed by atoms with E-state index in [2.05, 4.69) is 51.8 Å². The highest BCUT2D eigenvalue weighted by Crippen LogP contribution is 2.14. The number of rotatable bonds is 6. The first kappa shape index (κ1) is 17.2. The number of aryl methyl sites for hydroxylation is 2. The predicted molar refractivity (Wildman–Crippen MR) is 104 cm³/mol. The highest BCUT2D eigenvalue weighted by Gasteiger charge is 2.03. The van der Waals surface area contributed by atoms with Crippen LogP contribution < -0.4 is 10.6 Å². The predicted octanol–water partition coefficient (Wildman–Crippen LogP) is 4.97. The Hall–Kier alpha value is -2.59. The van der Waals surface area contributed by atoms with Gasteiger partial charge < -0.3 is 10.6 Å². The smallest absolute Gasteiger partial charge is 0.225 e. The van der Waals surface area contributed by atoms with Crippen LogP contribution >= 0.6 is 11.6 Å². The van der Waals surface area contributed by atoms with Gasteiger partial charge in [0.15, 0.2) is 0 Å². The molecular formula is C20H21ClN4. The van der Waals surface area contributed by atoms with Gasteiger partial charge in [0.25, 0.3) is 0 Å². The van der Waals surface area contributed by atoms with E-state index in [1.807, 2.05) is 37.3 Å².